The molecule has 0 heterocycles. The smallest absolute Gasteiger partial charge is 0.268 e. The lowest BCUT2D eigenvalue weighted by Crippen LogP contribution is -2.45. The van der Waals surface area contributed by atoms with E-state index < -0.39 is 26.6 Å². The van der Waals surface area contributed by atoms with E-state index in [-0.39, 0.29) is 12.5 Å². The molecule has 0 aliphatic rings. The Morgan fingerprint density at radius 2 is 1.10 bits per heavy atom. The molecule has 0 radical (unpaired) electrons. The molecule has 0 aliphatic heterocycles. The van der Waals surface area contributed by atoms with E-state index >= 15 is 0 Å². The first kappa shape index (κ1) is 49.7. The Labute approximate surface area is 315 Å². The first-order valence-electron chi connectivity index (χ1n) is 20.9. The minimum Gasteiger partial charge on any atom is -0.756 e. The number of nitrogens with zero attached hydrogens (tertiary/aromatic N) is 1. The number of quaternary nitrogens is 1. The van der Waals surface area contributed by atoms with Crippen LogP contribution in [-0.4, -0.2) is 68.5 Å². The van der Waals surface area contributed by atoms with Crippen molar-refractivity contribution in [1.82, 2.24) is 5.32 Å². The molecule has 2 N–H and O–H groups in total. The molecule has 51 heavy (non-hydrogen) atoms. The van der Waals surface area contributed by atoms with E-state index in [9.17, 15) is 19.4 Å². The Bertz CT molecular complexity index is 933. The van der Waals surface area contributed by atoms with Crippen LogP contribution in [0.25, 0.3) is 0 Å². The van der Waals surface area contributed by atoms with E-state index in [1.165, 1.54) is 103 Å². The topological polar surface area (TPSA) is 108 Å². The monoisotopic (exact) mass is 741 g/mol. The number of amides is 1. The van der Waals surface area contributed by atoms with Crippen LogP contribution < -0.4 is 10.2 Å². The third kappa shape index (κ3) is 36.9. The Balaban J connectivity index is 4.46. The van der Waals surface area contributed by atoms with Gasteiger partial charge in [-0.25, -0.2) is 0 Å². The molecular weight excluding hydrogens is 659 g/mol. The molecule has 300 valence electrons. The highest BCUT2D eigenvalue weighted by molar-refractivity contribution is 7.45. The van der Waals surface area contributed by atoms with Crippen LogP contribution in [0.1, 0.15) is 174 Å². The summed E-state index contributed by atoms with van der Waals surface area (Å²) >= 11 is 0. The summed E-state index contributed by atoms with van der Waals surface area (Å²) in [6.45, 7) is 4.58. The minimum atomic E-state index is -4.59. The zero-order chi connectivity index (χ0) is 37.9. The molecule has 0 rings (SSSR count). The normalized spacial score (nSPS) is 14.9. The molecule has 1 amide bonds. The molecule has 3 unspecified atom stereocenters. The van der Waals surface area contributed by atoms with Gasteiger partial charge in [-0.05, 0) is 57.8 Å². The number of allylic oxidation sites excluding steroid dienone is 5. The second kappa shape index (κ2) is 34.5. The maximum Gasteiger partial charge on any atom is 0.268 e. The number of phosphoric ester groups is 1. The number of carbonyl (C=O) groups excluding carboxylic acids is 1. The SMILES string of the molecule is CCCCCCC/C=C/CC/C=C/C(O)C(COP(=O)([O-])OCC[N+](C)(C)C)NC(=O)CCCCCCC/C=C\CCCCCCCCCCC. The van der Waals surface area contributed by atoms with Crippen LogP contribution in [-0.2, 0) is 18.4 Å². The van der Waals surface area contributed by atoms with Gasteiger partial charge in [-0.1, -0.05) is 147 Å². The first-order valence-corrected chi connectivity index (χ1v) is 22.3. The second-order valence-electron chi connectivity index (χ2n) is 15.3. The van der Waals surface area contributed by atoms with Crippen molar-refractivity contribution >= 4 is 13.7 Å². The summed E-state index contributed by atoms with van der Waals surface area (Å²) < 4.78 is 23.1. The number of likely N-dealkylation sites (N-methyl/N-ethyl adjacent to an activating group) is 1. The fourth-order valence-corrected chi connectivity index (χ4v) is 6.41. The number of aliphatic hydroxyl groups excluding tert-OH is 1. The Hall–Kier alpha value is -1.28. The fourth-order valence-electron chi connectivity index (χ4n) is 5.69. The zero-order valence-electron chi connectivity index (χ0n) is 33.8. The van der Waals surface area contributed by atoms with Crippen molar-refractivity contribution in [3.63, 3.8) is 0 Å². The summed E-state index contributed by atoms with van der Waals surface area (Å²) in [4.78, 5) is 25.2. The lowest BCUT2D eigenvalue weighted by Gasteiger charge is -2.29. The van der Waals surface area contributed by atoms with E-state index in [0.29, 0.717) is 17.4 Å². The van der Waals surface area contributed by atoms with Crippen LogP contribution in [0.4, 0.5) is 0 Å². The molecule has 0 aromatic heterocycles. The lowest BCUT2D eigenvalue weighted by molar-refractivity contribution is -0.870. The summed E-state index contributed by atoms with van der Waals surface area (Å²) in [7, 11) is 1.23. The molecule has 0 aliphatic carbocycles. The maximum absolute atomic E-state index is 12.8. The summed E-state index contributed by atoms with van der Waals surface area (Å²) in [6.07, 6.45) is 40.5. The van der Waals surface area contributed by atoms with Gasteiger partial charge in [-0.3, -0.25) is 9.36 Å². The van der Waals surface area contributed by atoms with E-state index in [1.807, 2.05) is 27.2 Å². The van der Waals surface area contributed by atoms with Crippen LogP contribution in [0.2, 0.25) is 0 Å². The number of phosphoric acid groups is 1. The lowest BCUT2D eigenvalue weighted by atomic mass is 10.1. The van der Waals surface area contributed by atoms with Gasteiger partial charge in [0.1, 0.15) is 13.2 Å². The summed E-state index contributed by atoms with van der Waals surface area (Å²) in [5.74, 6) is -0.218. The highest BCUT2D eigenvalue weighted by atomic mass is 31.2. The number of hydrogen-bond donors (Lipinski definition) is 2. The minimum absolute atomic E-state index is 0.00827. The largest absolute Gasteiger partial charge is 0.756 e. The third-order valence-corrected chi connectivity index (χ3v) is 10.0. The van der Waals surface area contributed by atoms with Crippen LogP contribution >= 0.6 is 7.82 Å². The van der Waals surface area contributed by atoms with Crippen molar-refractivity contribution in [3.05, 3.63) is 36.5 Å². The first-order chi connectivity index (χ1) is 24.5. The molecule has 0 aromatic rings. The molecule has 0 saturated carbocycles. The maximum atomic E-state index is 12.8. The van der Waals surface area contributed by atoms with Gasteiger partial charge in [0.25, 0.3) is 7.82 Å². The van der Waals surface area contributed by atoms with Crippen molar-refractivity contribution < 1.29 is 32.9 Å². The zero-order valence-corrected chi connectivity index (χ0v) is 34.7. The molecule has 8 nitrogen and oxygen atoms in total. The molecule has 0 aromatic carbocycles. The van der Waals surface area contributed by atoms with Gasteiger partial charge in [0.2, 0.25) is 5.91 Å². The fraction of sp³-hybridized carbons (Fsp3) is 0.833. The summed E-state index contributed by atoms with van der Waals surface area (Å²) in [6, 6.07) is -0.904. The van der Waals surface area contributed by atoms with Crippen molar-refractivity contribution in [3.8, 4) is 0 Å². The van der Waals surface area contributed by atoms with Gasteiger partial charge in [0, 0.05) is 6.42 Å². The highest BCUT2D eigenvalue weighted by Gasteiger charge is 2.23. The van der Waals surface area contributed by atoms with E-state index in [4.69, 9.17) is 9.05 Å². The summed E-state index contributed by atoms with van der Waals surface area (Å²) in [5.41, 5.74) is 0. The quantitative estimate of drug-likeness (QED) is 0.0284. The van der Waals surface area contributed by atoms with Crippen LogP contribution in [0.15, 0.2) is 36.5 Å². The Morgan fingerprint density at radius 1 is 0.667 bits per heavy atom. The predicted molar refractivity (Wildman–Crippen MR) is 215 cm³/mol. The molecule has 0 saturated heterocycles. The molecule has 3 atom stereocenters. The van der Waals surface area contributed by atoms with E-state index in [1.54, 1.807) is 6.08 Å². The average Bonchev–Trinajstić information content (AvgIpc) is 3.07. The summed E-state index contributed by atoms with van der Waals surface area (Å²) in [5, 5.41) is 13.7. The van der Waals surface area contributed by atoms with Gasteiger partial charge in [-0.15, -0.1) is 0 Å². The second-order valence-corrected chi connectivity index (χ2v) is 16.7. The number of carbonyl (C=O) groups is 1. The number of nitrogens with one attached hydrogen (secondary N) is 1. The van der Waals surface area contributed by atoms with Gasteiger partial charge >= 0.3 is 0 Å². The van der Waals surface area contributed by atoms with E-state index in [2.05, 4.69) is 43.5 Å². The Morgan fingerprint density at radius 3 is 1.59 bits per heavy atom. The molecule has 0 spiro atoms. The van der Waals surface area contributed by atoms with Gasteiger partial charge in [0.15, 0.2) is 0 Å². The average molecular weight is 741 g/mol. The van der Waals surface area contributed by atoms with Crippen molar-refractivity contribution in [1.29, 1.82) is 0 Å². The van der Waals surface area contributed by atoms with E-state index in [0.717, 1.165) is 51.4 Å². The van der Waals surface area contributed by atoms with Gasteiger partial charge < -0.3 is 28.8 Å². The molecule has 9 heteroatoms. The van der Waals surface area contributed by atoms with Crippen LogP contribution in [0, 0.1) is 0 Å². The number of hydrogen-bond acceptors (Lipinski definition) is 6. The van der Waals surface area contributed by atoms with Crippen LogP contribution in [0.5, 0.6) is 0 Å². The van der Waals surface area contributed by atoms with Crippen molar-refractivity contribution in [2.75, 3.05) is 40.9 Å². The predicted octanol–water partition coefficient (Wildman–Crippen LogP) is 10.5. The molecular formula is C42H81N2O6P. The van der Waals surface area contributed by atoms with Crippen LogP contribution in [0.3, 0.4) is 0 Å². The molecule has 0 bridgehead atoms. The number of rotatable bonds is 37. The number of unbranched alkanes of at least 4 members (excludes halogenated alkanes) is 20. The number of aliphatic hydroxyl groups is 1. The Kier molecular flexibility index (Phi) is 33.6. The third-order valence-electron chi connectivity index (χ3n) is 9.07. The molecule has 0 fully saturated rings. The standard InChI is InChI=1S/C42H81N2O6P/c1-6-8-10-12-14-16-18-19-20-21-22-23-24-26-28-30-32-34-36-42(46)43-40(39-50-51(47,48)49-38-37-44(3,4)5)41(45)35-33-31-29-27-25-17-15-13-11-9-7-2/h22-23,25,27,33,35,40-41,45H,6-21,24,26,28-32,34,36-39H2,1-5H3,(H-,43,46,47,48)/b23-22-,27-25+,35-33+. The van der Waals surface area contributed by atoms with Gasteiger partial charge in [0.05, 0.1) is 39.9 Å². The van der Waals surface area contributed by atoms with Crippen molar-refractivity contribution in [2.24, 2.45) is 0 Å². The highest BCUT2D eigenvalue weighted by Crippen LogP contribution is 2.38. The van der Waals surface area contributed by atoms with Gasteiger partial charge in [-0.2, -0.15) is 0 Å². The van der Waals surface area contributed by atoms with Crippen molar-refractivity contribution in [2.45, 2.75) is 187 Å².